The summed E-state index contributed by atoms with van der Waals surface area (Å²) in [5.41, 5.74) is 0.963. The van der Waals surface area contributed by atoms with E-state index in [0.29, 0.717) is 26.2 Å². The molecule has 1 aromatic heterocycles. The molecule has 2 aromatic rings. The molecule has 0 spiro atoms. The highest BCUT2D eigenvalue weighted by molar-refractivity contribution is 14.0. The SMILES string of the molecule is COCCN=C(NCCc1ccco1)N1CC(C)OC(c2ccc(F)cc2)C1.I. The van der Waals surface area contributed by atoms with Crippen LogP contribution < -0.4 is 5.32 Å². The van der Waals surface area contributed by atoms with Gasteiger partial charge in [0, 0.05) is 26.6 Å². The topological polar surface area (TPSA) is 59.2 Å². The van der Waals surface area contributed by atoms with Gasteiger partial charge in [-0.25, -0.2) is 4.39 Å². The molecule has 1 aliphatic heterocycles. The summed E-state index contributed by atoms with van der Waals surface area (Å²) in [4.78, 5) is 6.89. The molecule has 0 amide bonds. The molecule has 160 valence electrons. The van der Waals surface area contributed by atoms with Crippen LogP contribution in [0.3, 0.4) is 0 Å². The Labute approximate surface area is 188 Å². The highest BCUT2D eigenvalue weighted by atomic mass is 127. The summed E-state index contributed by atoms with van der Waals surface area (Å²) in [5.74, 6) is 1.51. The van der Waals surface area contributed by atoms with Crippen molar-refractivity contribution in [3.05, 3.63) is 59.8 Å². The lowest BCUT2D eigenvalue weighted by Crippen LogP contribution is -2.51. The van der Waals surface area contributed by atoms with E-state index in [1.54, 1.807) is 25.5 Å². The summed E-state index contributed by atoms with van der Waals surface area (Å²) < 4.78 is 29.9. The van der Waals surface area contributed by atoms with Gasteiger partial charge in [-0.05, 0) is 36.8 Å². The molecule has 1 aromatic carbocycles. The number of hydrogen-bond acceptors (Lipinski definition) is 4. The van der Waals surface area contributed by atoms with Crippen molar-refractivity contribution in [1.82, 2.24) is 10.2 Å². The van der Waals surface area contributed by atoms with Crippen molar-refractivity contribution in [3.63, 3.8) is 0 Å². The van der Waals surface area contributed by atoms with Gasteiger partial charge < -0.3 is 24.1 Å². The van der Waals surface area contributed by atoms with E-state index in [1.807, 2.05) is 19.1 Å². The maximum absolute atomic E-state index is 13.3. The predicted molar refractivity (Wildman–Crippen MR) is 121 cm³/mol. The zero-order valence-electron chi connectivity index (χ0n) is 16.8. The highest BCUT2D eigenvalue weighted by Crippen LogP contribution is 2.25. The number of ether oxygens (including phenoxy) is 2. The van der Waals surface area contributed by atoms with Gasteiger partial charge in [-0.1, -0.05) is 12.1 Å². The van der Waals surface area contributed by atoms with Gasteiger partial charge in [0.2, 0.25) is 0 Å². The molecule has 0 radical (unpaired) electrons. The maximum atomic E-state index is 13.3. The number of nitrogens with zero attached hydrogens (tertiary/aromatic N) is 2. The minimum Gasteiger partial charge on any atom is -0.469 e. The van der Waals surface area contributed by atoms with E-state index < -0.39 is 0 Å². The third-order valence-corrected chi connectivity index (χ3v) is 4.59. The molecular weight excluding hydrogens is 488 g/mol. The fourth-order valence-corrected chi connectivity index (χ4v) is 3.25. The Morgan fingerprint density at radius 3 is 2.76 bits per heavy atom. The van der Waals surface area contributed by atoms with Crippen molar-refractivity contribution in [1.29, 1.82) is 0 Å². The fourth-order valence-electron chi connectivity index (χ4n) is 3.25. The van der Waals surface area contributed by atoms with Gasteiger partial charge in [-0.15, -0.1) is 24.0 Å². The van der Waals surface area contributed by atoms with Gasteiger partial charge in [0.1, 0.15) is 17.7 Å². The summed E-state index contributed by atoms with van der Waals surface area (Å²) in [6.07, 6.45) is 2.35. The Bertz CT molecular complexity index is 740. The molecular formula is C21H29FIN3O3. The predicted octanol–water partition coefficient (Wildman–Crippen LogP) is 3.63. The van der Waals surface area contributed by atoms with Crippen molar-refractivity contribution in [2.75, 3.05) is 39.9 Å². The number of hydrogen-bond donors (Lipinski definition) is 1. The molecule has 0 saturated carbocycles. The molecule has 2 heterocycles. The normalized spacial score (nSPS) is 19.7. The minimum absolute atomic E-state index is 0. The van der Waals surface area contributed by atoms with Gasteiger partial charge in [-0.3, -0.25) is 4.99 Å². The molecule has 0 bridgehead atoms. The first-order valence-corrected chi connectivity index (χ1v) is 9.61. The van der Waals surface area contributed by atoms with Crippen LogP contribution in [-0.2, 0) is 15.9 Å². The lowest BCUT2D eigenvalue weighted by molar-refractivity contribution is -0.0605. The van der Waals surface area contributed by atoms with E-state index >= 15 is 0 Å². The number of halogens is 2. The van der Waals surface area contributed by atoms with Crippen LogP contribution in [0.5, 0.6) is 0 Å². The van der Waals surface area contributed by atoms with E-state index in [9.17, 15) is 4.39 Å². The number of furan rings is 1. The molecule has 6 nitrogen and oxygen atoms in total. The molecule has 8 heteroatoms. The third-order valence-electron chi connectivity index (χ3n) is 4.59. The molecule has 1 aliphatic rings. The zero-order chi connectivity index (χ0) is 19.8. The number of guanidine groups is 1. The molecule has 0 aliphatic carbocycles. The van der Waals surface area contributed by atoms with Gasteiger partial charge in [0.05, 0.1) is 32.1 Å². The number of methoxy groups -OCH3 is 1. The van der Waals surface area contributed by atoms with Gasteiger partial charge in [-0.2, -0.15) is 0 Å². The minimum atomic E-state index is -0.245. The second-order valence-corrected chi connectivity index (χ2v) is 6.85. The Kier molecular flexibility index (Phi) is 9.89. The van der Waals surface area contributed by atoms with E-state index in [-0.39, 0.29) is 42.0 Å². The lowest BCUT2D eigenvalue weighted by Gasteiger charge is -2.38. The van der Waals surface area contributed by atoms with Crippen LogP contribution in [0.4, 0.5) is 4.39 Å². The largest absolute Gasteiger partial charge is 0.469 e. The zero-order valence-corrected chi connectivity index (χ0v) is 19.2. The average molecular weight is 517 g/mol. The van der Waals surface area contributed by atoms with E-state index in [1.165, 1.54) is 12.1 Å². The van der Waals surface area contributed by atoms with Crippen molar-refractivity contribution < 1.29 is 18.3 Å². The van der Waals surface area contributed by atoms with Crippen LogP contribution in [0.15, 0.2) is 52.1 Å². The summed E-state index contributed by atoms with van der Waals surface area (Å²) in [6, 6.07) is 10.4. The number of aliphatic imine (C=N–C) groups is 1. The van der Waals surface area contributed by atoms with Crippen molar-refractivity contribution in [3.8, 4) is 0 Å². The molecule has 2 unspecified atom stereocenters. The smallest absolute Gasteiger partial charge is 0.194 e. The molecule has 3 rings (SSSR count). The molecule has 29 heavy (non-hydrogen) atoms. The Balaban J connectivity index is 0.00000300. The van der Waals surface area contributed by atoms with Crippen LogP contribution >= 0.6 is 24.0 Å². The van der Waals surface area contributed by atoms with E-state index in [4.69, 9.17) is 18.9 Å². The first kappa shape index (κ1) is 23.6. The summed E-state index contributed by atoms with van der Waals surface area (Å²) in [5, 5.41) is 3.43. The Morgan fingerprint density at radius 2 is 2.07 bits per heavy atom. The first-order chi connectivity index (χ1) is 13.7. The molecule has 1 saturated heterocycles. The quantitative estimate of drug-likeness (QED) is 0.263. The van der Waals surface area contributed by atoms with Gasteiger partial charge >= 0.3 is 0 Å². The highest BCUT2D eigenvalue weighted by Gasteiger charge is 2.28. The van der Waals surface area contributed by atoms with Crippen LogP contribution in [0.1, 0.15) is 24.4 Å². The number of rotatable bonds is 7. The lowest BCUT2D eigenvalue weighted by atomic mass is 10.1. The standard InChI is InChI=1S/C21H28FN3O3.HI/c1-16-14-25(15-20(28-16)17-5-7-18(22)8-6-17)21(24-11-13-26-2)23-10-9-19-4-3-12-27-19;/h3-8,12,16,20H,9-11,13-15H2,1-2H3,(H,23,24);1H. The van der Waals surface area contributed by atoms with Gasteiger partial charge in [0.25, 0.3) is 0 Å². The number of benzene rings is 1. The third kappa shape index (κ3) is 7.27. The fraction of sp³-hybridized carbons (Fsp3) is 0.476. The van der Waals surface area contributed by atoms with Crippen molar-refractivity contribution in [2.24, 2.45) is 4.99 Å². The summed E-state index contributed by atoms with van der Waals surface area (Å²) in [6.45, 7) is 5.27. The Morgan fingerprint density at radius 1 is 1.28 bits per heavy atom. The summed E-state index contributed by atoms with van der Waals surface area (Å²) >= 11 is 0. The van der Waals surface area contributed by atoms with Crippen LogP contribution in [0.25, 0.3) is 0 Å². The maximum Gasteiger partial charge on any atom is 0.194 e. The molecule has 2 atom stereocenters. The van der Waals surface area contributed by atoms with Crippen molar-refractivity contribution >= 4 is 29.9 Å². The van der Waals surface area contributed by atoms with Crippen LogP contribution in [0.2, 0.25) is 0 Å². The summed E-state index contributed by atoms with van der Waals surface area (Å²) in [7, 11) is 1.67. The molecule has 1 fully saturated rings. The van der Waals surface area contributed by atoms with Gasteiger partial charge in [0.15, 0.2) is 5.96 Å². The van der Waals surface area contributed by atoms with E-state index in [2.05, 4.69) is 10.2 Å². The average Bonchev–Trinajstić information content (AvgIpc) is 3.20. The first-order valence-electron chi connectivity index (χ1n) is 9.61. The van der Waals surface area contributed by atoms with Crippen LogP contribution in [-0.4, -0.2) is 56.9 Å². The van der Waals surface area contributed by atoms with E-state index in [0.717, 1.165) is 30.2 Å². The number of morpholine rings is 1. The molecule has 1 N–H and O–H groups in total. The van der Waals surface area contributed by atoms with Crippen LogP contribution in [0, 0.1) is 5.82 Å². The second kappa shape index (κ2) is 12.1. The number of nitrogens with one attached hydrogen (secondary N) is 1. The second-order valence-electron chi connectivity index (χ2n) is 6.85. The van der Waals surface area contributed by atoms with Crippen molar-refractivity contribution in [2.45, 2.75) is 25.6 Å². The monoisotopic (exact) mass is 517 g/mol. The Hall–Kier alpha value is -1.65.